The molecule has 0 bridgehead atoms. The summed E-state index contributed by atoms with van der Waals surface area (Å²) in [7, 11) is 0. The van der Waals surface area contributed by atoms with E-state index in [4.69, 9.17) is 4.52 Å². The first-order valence-corrected chi connectivity index (χ1v) is 4.94. The minimum atomic E-state index is 0.100. The first-order chi connectivity index (χ1) is 7.07. The fourth-order valence-electron chi connectivity index (χ4n) is 1.35. The zero-order valence-corrected chi connectivity index (χ0v) is 9.19. The van der Waals surface area contributed by atoms with Crippen LogP contribution < -0.4 is 0 Å². The molecule has 3 nitrogen and oxygen atoms in total. The van der Waals surface area contributed by atoms with Gasteiger partial charge in [-0.3, -0.25) is 4.98 Å². The summed E-state index contributed by atoms with van der Waals surface area (Å²) in [6.45, 7) is 6.48. The molecule has 0 saturated carbocycles. The average Bonchev–Trinajstić information content (AvgIpc) is 2.69. The fourth-order valence-corrected chi connectivity index (χ4v) is 1.35. The fraction of sp³-hybridized carbons (Fsp3) is 0.333. The van der Waals surface area contributed by atoms with E-state index in [1.165, 1.54) is 5.56 Å². The van der Waals surface area contributed by atoms with Crippen LogP contribution in [-0.4, -0.2) is 10.1 Å². The molecule has 0 unspecified atom stereocenters. The highest BCUT2D eigenvalue weighted by atomic mass is 16.5. The van der Waals surface area contributed by atoms with Gasteiger partial charge in [-0.25, -0.2) is 0 Å². The SMILES string of the molecule is CC(C)(C)c1cncc(-c2ccno2)c1. The van der Waals surface area contributed by atoms with Crippen molar-refractivity contribution in [2.45, 2.75) is 26.2 Å². The first-order valence-electron chi connectivity index (χ1n) is 4.94. The van der Waals surface area contributed by atoms with E-state index >= 15 is 0 Å². The van der Waals surface area contributed by atoms with Crippen molar-refractivity contribution in [3.05, 3.63) is 36.3 Å². The molecule has 0 aliphatic carbocycles. The molecule has 2 heterocycles. The molecule has 0 aliphatic heterocycles. The number of hydrogen-bond donors (Lipinski definition) is 0. The van der Waals surface area contributed by atoms with Crippen LogP contribution in [0.3, 0.4) is 0 Å². The van der Waals surface area contributed by atoms with Gasteiger partial charge in [-0.05, 0) is 17.0 Å². The lowest BCUT2D eigenvalue weighted by Crippen LogP contribution is -2.11. The van der Waals surface area contributed by atoms with Crippen molar-refractivity contribution < 1.29 is 4.52 Å². The number of rotatable bonds is 1. The lowest BCUT2D eigenvalue weighted by atomic mass is 9.87. The minimum absolute atomic E-state index is 0.100. The molecule has 3 heteroatoms. The molecule has 0 atom stereocenters. The molecule has 0 N–H and O–H groups in total. The maximum Gasteiger partial charge on any atom is 0.168 e. The Morgan fingerprint density at radius 1 is 1.20 bits per heavy atom. The molecule has 0 aromatic carbocycles. The van der Waals surface area contributed by atoms with E-state index in [1.807, 2.05) is 12.3 Å². The summed E-state index contributed by atoms with van der Waals surface area (Å²) in [5, 5.41) is 3.69. The molecular formula is C12H14N2O. The summed E-state index contributed by atoms with van der Waals surface area (Å²) in [5.41, 5.74) is 2.26. The molecule has 0 radical (unpaired) electrons. The van der Waals surface area contributed by atoms with Crippen LogP contribution in [0.5, 0.6) is 0 Å². The molecule has 0 amide bonds. The molecule has 2 rings (SSSR count). The van der Waals surface area contributed by atoms with Crippen molar-refractivity contribution >= 4 is 0 Å². The van der Waals surface area contributed by atoms with Gasteiger partial charge in [0.15, 0.2) is 5.76 Å². The second-order valence-corrected chi connectivity index (χ2v) is 4.59. The van der Waals surface area contributed by atoms with Gasteiger partial charge in [0.2, 0.25) is 0 Å². The van der Waals surface area contributed by atoms with Gasteiger partial charge in [0, 0.05) is 24.0 Å². The Balaban J connectivity index is 2.44. The molecule has 2 aromatic heterocycles. The topological polar surface area (TPSA) is 38.9 Å². The quantitative estimate of drug-likeness (QED) is 0.713. The van der Waals surface area contributed by atoms with Gasteiger partial charge in [0.05, 0.1) is 6.20 Å². The summed E-state index contributed by atoms with van der Waals surface area (Å²) < 4.78 is 5.10. The van der Waals surface area contributed by atoms with E-state index in [2.05, 4.69) is 37.0 Å². The van der Waals surface area contributed by atoms with Crippen LogP contribution in [-0.2, 0) is 5.41 Å². The van der Waals surface area contributed by atoms with Crippen LogP contribution in [0, 0.1) is 0 Å². The largest absolute Gasteiger partial charge is 0.356 e. The normalized spacial score (nSPS) is 11.7. The van der Waals surface area contributed by atoms with Crippen LogP contribution >= 0.6 is 0 Å². The van der Waals surface area contributed by atoms with Gasteiger partial charge in [-0.2, -0.15) is 0 Å². The van der Waals surface area contributed by atoms with Gasteiger partial charge in [-0.15, -0.1) is 0 Å². The number of nitrogens with zero attached hydrogens (tertiary/aromatic N) is 2. The molecular weight excluding hydrogens is 188 g/mol. The highest BCUT2D eigenvalue weighted by molar-refractivity contribution is 5.56. The van der Waals surface area contributed by atoms with Crippen molar-refractivity contribution in [2.24, 2.45) is 0 Å². The number of pyridine rings is 1. The molecule has 0 spiro atoms. The second kappa shape index (κ2) is 3.50. The van der Waals surface area contributed by atoms with Crippen LogP contribution in [0.15, 0.2) is 35.2 Å². The van der Waals surface area contributed by atoms with Crippen LogP contribution in [0.4, 0.5) is 0 Å². The highest BCUT2D eigenvalue weighted by Crippen LogP contribution is 2.26. The molecule has 0 saturated heterocycles. The average molecular weight is 202 g/mol. The van der Waals surface area contributed by atoms with E-state index in [0.717, 1.165) is 11.3 Å². The molecule has 78 valence electrons. The zero-order valence-electron chi connectivity index (χ0n) is 9.19. The van der Waals surface area contributed by atoms with Gasteiger partial charge in [0.1, 0.15) is 0 Å². The summed E-state index contributed by atoms with van der Waals surface area (Å²) in [4.78, 5) is 4.22. The maximum atomic E-state index is 5.10. The Bertz CT molecular complexity index is 441. The minimum Gasteiger partial charge on any atom is -0.356 e. The third kappa shape index (κ3) is 2.06. The Kier molecular flexibility index (Phi) is 2.31. The van der Waals surface area contributed by atoms with E-state index in [-0.39, 0.29) is 5.41 Å². The Morgan fingerprint density at radius 2 is 2.00 bits per heavy atom. The standard InChI is InChI=1S/C12H14N2O/c1-12(2,3)10-6-9(7-13-8-10)11-4-5-14-15-11/h4-8H,1-3H3. The van der Waals surface area contributed by atoms with Crippen molar-refractivity contribution in [1.82, 2.24) is 10.1 Å². The van der Waals surface area contributed by atoms with E-state index in [9.17, 15) is 0 Å². The van der Waals surface area contributed by atoms with Gasteiger partial charge >= 0.3 is 0 Å². The van der Waals surface area contributed by atoms with Crippen LogP contribution in [0.1, 0.15) is 26.3 Å². The molecule has 15 heavy (non-hydrogen) atoms. The molecule has 0 aliphatic rings. The van der Waals surface area contributed by atoms with E-state index in [1.54, 1.807) is 12.4 Å². The van der Waals surface area contributed by atoms with Crippen molar-refractivity contribution in [3.8, 4) is 11.3 Å². The van der Waals surface area contributed by atoms with E-state index < -0.39 is 0 Å². The van der Waals surface area contributed by atoms with Crippen molar-refractivity contribution in [3.63, 3.8) is 0 Å². The maximum absolute atomic E-state index is 5.10. The lowest BCUT2D eigenvalue weighted by molar-refractivity contribution is 0.432. The monoisotopic (exact) mass is 202 g/mol. The second-order valence-electron chi connectivity index (χ2n) is 4.59. The Morgan fingerprint density at radius 3 is 2.60 bits per heavy atom. The summed E-state index contributed by atoms with van der Waals surface area (Å²) in [6.07, 6.45) is 5.31. The predicted octanol–water partition coefficient (Wildman–Crippen LogP) is 3.03. The predicted molar refractivity (Wildman–Crippen MR) is 58.4 cm³/mol. The first kappa shape index (κ1) is 9.90. The van der Waals surface area contributed by atoms with Gasteiger partial charge in [-0.1, -0.05) is 25.9 Å². The van der Waals surface area contributed by atoms with E-state index in [0.29, 0.717) is 0 Å². The van der Waals surface area contributed by atoms with Gasteiger partial charge in [0.25, 0.3) is 0 Å². The smallest absolute Gasteiger partial charge is 0.168 e. The summed E-state index contributed by atoms with van der Waals surface area (Å²) in [6, 6.07) is 3.93. The third-order valence-corrected chi connectivity index (χ3v) is 2.33. The summed E-state index contributed by atoms with van der Waals surface area (Å²) in [5.74, 6) is 0.758. The Hall–Kier alpha value is -1.64. The summed E-state index contributed by atoms with van der Waals surface area (Å²) >= 11 is 0. The van der Waals surface area contributed by atoms with Crippen molar-refractivity contribution in [1.29, 1.82) is 0 Å². The molecule has 2 aromatic rings. The highest BCUT2D eigenvalue weighted by Gasteiger charge is 2.15. The van der Waals surface area contributed by atoms with Crippen LogP contribution in [0.2, 0.25) is 0 Å². The van der Waals surface area contributed by atoms with Gasteiger partial charge < -0.3 is 4.52 Å². The Labute approximate surface area is 89.1 Å². The number of hydrogen-bond acceptors (Lipinski definition) is 3. The number of aromatic nitrogens is 2. The molecule has 0 fully saturated rings. The van der Waals surface area contributed by atoms with Crippen LogP contribution in [0.25, 0.3) is 11.3 Å². The van der Waals surface area contributed by atoms with Crippen molar-refractivity contribution in [2.75, 3.05) is 0 Å². The lowest BCUT2D eigenvalue weighted by Gasteiger charge is -2.18. The third-order valence-electron chi connectivity index (χ3n) is 2.33. The zero-order chi connectivity index (χ0) is 10.9.